The SMILES string of the molecule is CON(C)C(=O)N1N=C(c2cc(F)ccc2F)SC12c1cc(C)ccc1OCC2CCN. The lowest BCUT2D eigenvalue weighted by Crippen LogP contribution is -2.54. The van der Waals surface area contributed by atoms with Gasteiger partial charge in [-0.1, -0.05) is 23.4 Å². The molecule has 2 aromatic rings. The van der Waals surface area contributed by atoms with E-state index in [1.54, 1.807) is 0 Å². The molecule has 170 valence electrons. The number of rotatable bonds is 4. The highest BCUT2D eigenvalue weighted by atomic mass is 32.2. The summed E-state index contributed by atoms with van der Waals surface area (Å²) in [6, 6.07) is 8.30. The zero-order valence-corrected chi connectivity index (χ0v) is 18.8. The molecule has 4 rings (SSSR count). The maximum absolute atomic E-state index is 14.7. The van der Waals surface area contributed by atoms with Crippen molar-refractivity contribution in [1.82, 2.24) is 10.1 Å². The Hall–Kier alpha value is -2.69. The molecule has 2 heterocycles. The van der Waals surface area contributed by atoms with Crippen LogP contribution in [-0.4, -0.2) is 48.5 Å². The van der Waals surface area contributed by atoms with Gasteiger partial charge in [-0.15, -0.1) is 0 Å². The Kier molecular flexibility index (Phi) is 6.11. The van der Waals surface area contributed by atoms with E-state index in [1.165, 1.54) is 30.9 Å². The third-order valence-corrected chi connectivity index (χ3v) is 7.20. The molecule has 32 heavy (non-hydrogen) atoms. The minimum atomic E-state index is -1.07. The summed E-state index contributed by atoms with van der Waals surface area (Å²) in [6.07, 6.45) is 0.523. The van der Waals surface area contributed by atoms with E-state index in [2.05, 4.69) is 5.10 Å². The van der Waals surface area contributed by atoms with Gasteiger partial charge in [-0.25, -0.2) is 18.6 Å². The number of nitrogens with two attached hydrogens (primary N) is 1. The lowest BCUT2D eigenvalue weighted by atomic mass is 9.86. The number of halogens is 2. The van der Waals surface area contributed by atoms with Crippen LogP contribution in [0.4, 0.5) is 13.6 Å². The van der Waals surface area contributed by atoms with E-state index < -0.39 is 22.5 Å². The number of nitrogens with zero attached hydrogens (tertiary/aromatic N) is 3. The Morgan fingerprint density at radius 3 is 2.88 bits per heavy atom. The molecule has 7 nitrogen and oxygen atoms in total. The maximum Gasteiger partial charge on any atom is 0.365 e. The third-order valence-electron chi connectivity index (χ3n) is 5.67. The Bertz CT molecular complexity index is 1080. The van der Waals surface area contributed by atoms with Crippen molar-refractivity contribution >= 4 is 22.8 Å². The average Bonchev–Trinajstić information content (AvgIpc) is 3.17. The Balaban J connectivity index is 1.94. The summed E-state index contributed by atoms with van der Waals surface area (Å²) < 4.78 is 34.7. The Morgan fingerprint density at radius 2 is 2.16 bits per heavy atom. The van der Waals surface area contributed by atoms with Crippen molar-refractivity contribution < 1.29 is 23.1 Å². The standard InChI is InChI=1S/C22H24F2N4O3S/c1-13-4-7-19-17(10-13)22(14(8-9-25)12-31-19)28(21(29)27(2)30-3)26-20(32-22)16-11-15(23)5-6-18(16)24/h4-7,10-11,14H,8-9,12,25H2,1-3H3. The first-order chi connectivity index (χ1) is 15.3. The second kappa shape index (κ2) is 8.68. The number of hydrazone groups is 1. The van der Waals surface area contributed by atoms with Crippen LogP contribution in [0.1, 0.15) is 23.1 Å². The zero-order chi connectivity index (χ0) is 23.0. The van der Waals surface area contributed by atoms with Gasteiger partial charge in [-0.3, -0.25) is 4.84 Å². The molecule has 0 fully saturated rings. The molecule has 2 amide bonds. The summed E-state index contributed by atoms with van der Waals surface area (Å²) in [6.45, 7) is 2.57. The van der Waals surface area contributed by atoms with Gasteiger partial charge in [0.05, 0.1) is 13.7 Å². The van der Waals surface area contributed by atoms with Gasteiger partial charge >= 0.3 is 6.03 Å². The maximum atomic E-state index is 14.7. The number of hydrogen-bond acceptors (Lipinski definition) is 6. The topological polar surface area (TPSA) is 80.4 Å². The minimum absolute atomic E-state index is 0.0167. The molecule has 2 N–H and O–H groups in total. The third kappa shape index (κ3) is 3.62. The van der Waals surface area contributed by atoms with Crippen LogP contribution in [0.3, 0.4) is 0 Å². The highest BCUT2D eigenvalue weighted by Gasteiger charge is 2.57. The highest BCUT2D eigenvalue weighted by molar-refractivity contribution is 8.15. The fourth-order valence-corrected chi connectivity index (χ4v) is 5.53. The van der Waals surface area contributed by atoms with E-state index in [1.807, 2.05) is 25.1 Å². The van der Waals surface area contributed by atoms with Crippen LogP contribution in [0.5, 0.6) is 5.75 Å². The summed E-state index contributed by atoms with van der Waals surface area (Å²) >= 11 is 1.20. The quantitative estimate of drug-likeness (QED) is 0.699. The molecular formula is C22H24F2N4O3S. The predicted octanol–water partition coefficient (Wildman–Crippen LogP) is 3.81. The number of hydroxylamine groups is 2. The molecule has 2 aliphatic heterocycles. The number of urea groups is 1. The number of benzene rings is 2. The predicted molar refractivity (Wildman–Crippen MR) is 118 cm³/mol. The first-order valence-electron chi connectivity index (χ1n) is 10.1. The number of hydrogen-bond donors (Lipinski definition) is 1. The van der Waals surface area contributed by atoms with E-state index in [9.17, 15) is 13.6 Å². The molecule has 0 bridgehead atoms. The molecule has 0 saturated carbocycles. The Morgan fingerprint density at radius 1 is 1.38 bits per heavy atom. The molecular weight excluding hydrogens is 438 g/mol. The molecule has 10 heteroatoms. The normalized spacial score (nSPS) is 21.9. The number of aryl methyl sites for hydroxylation is 1. The number of amides is 2. The van der Waals surface area contributed by atoms with E-state index in [-0.39, 0.29) is 23.1 Å². The second-order valence-electron chi connectivity index (χ2n) is 7.69. The smallest absolute Gasteiger partial charge is 0.365 e. The van der Waals surface area contributed by atoms with Gasteiger partial charge in [0.1, 0.15) is 22.4 Å². The van der Waals surface area contributed by atoms with Gasteiger partial charge < -0.3 is 10.5 Å². The van der Waals surface area contributed by atoms with Gasteiger partial charge in [0.25, 0.3) is 0 Å². The zero-order valence-electron chi connectivity index (χ0n) is 18.0. The molecule has 0 aromatic heterocycles. The van der Waals surface area contributed by atoms with Crippen molar-refractivity contribution in [2.45, 2.75) is 18.2 Å². The van der Waals surface area contributed by atoms with Crippen molar-refractivity contribution in [2.24, 2.45) is 16.8 Å². The summed E-state index contributed by atoms with van der Waals surface area (Å²) in [5, 5.41) is 7.03. The molecule has 2 unspecified atom stereocenters. The second-order valence-corrected chi connectivity index (χ2v) is 8.90. The van der Waals surface area contributed by atoms with Gasteiger partial charge in [-0.2, -0.15) is 10.1 Å². The fraction of sp³-hybridized carbons (Fsp3) is 0.364. The van der Waals surface area contributed by atoms with Crippen LogP contribution >= 0.6 is 11.8 Å². The van der Waals surface area contributed by atoms with Gasteiger partial charge in [-0.05, 0) is 50.2 Å². The summed E-state index contributed by atoms with van der Waals surface area (Å²) in [5.74, 6) is -0.891. The van der Waals surface area contributed by atoms with E-state index in [0.29, 0.717) is 18.7 Å². The number of carbonyl (C=O) groups excluding carboxylic acids is 1. The fourth-order valence-electron chi connectivity index (χ4n) is 4.02. The Labute approximate surface area is 189 Å². The van der Waals surface area contributed by atoms with Crippen molar-refractivity contribution in [3.63, 3.8) is 0 Å². The van der Waals surface area contributed by atoms with Crippen molar-refractivity contribution in [3.8, 4) is 5.75 Å². The molecule has 2 atom stereocenters. The lowest BCUT2D eigenvalue weighted by molar-refractivity contribution is -0.0845. The van der Waals surface area contributed by atoms with E-state index in [0.717, 1.165) is 34.4 Å². The first-order valence-corrected chi connectivity index (χ1v) is 10.9. The summed E-state index contributed by atoms with van der Waals surface area (Å²) in [7, 11) is 2.83. The lowest BCUT2D eigenvalue weighted by Gasteiger charge is -2.45. The molecule has 0 saturated heterocycles. The molecule has 0 radical (unpaired) electrons. The van der Waals surface area contributed by atoms with Crippen molar-refractivity contribution in [1.29, 1.82) is 0 Å². The van der Waals surface area contributed by atoms with Crippen LogP contribution in [-0.2, 0) is 9.71 Å². The summed E-state index contributed by atoms with van der Waals surface area (Å²) in [5.41, 5.74) is 7.57. The number of fused-ring (bicyclic) bond motifs is 2. The number of thioether (sulfide) groups is 1. The molecule has 2 aromatic carbocycles. The first kappa shape index (κ1) is 22.5. The van der Waals surface area contributed by atoms with Crippen LogP contribution in [0.25, 0.3) is 0 Å². The van der Waals surface area contributed by atoms with Crippen LogP contribution in [0.2, 0.25) is 0 Å². The summed E-state index contributed by atoms with van der Waals surface area (Å²) in [4.78, 5) is 17.4. The number of carbonyl (C=O) groups is 1. The number of ether oxygens (including phenoxy) is 1. The molecule has 1 spiro atoms. The molecule has 0 aliphatic carbocycles. The van der Waals surface area contributed by atoms with Gasteiger partial charge in [0.2, 0.25) is 0 Å². The molecule has 2 aliphatic rings. The van der Waals surface area contributed by atoms with Crippen molar-refractivity contribution in [3.05, 3.63) is 64.7 Å². The van der Waals surface area contributed by atoms with E-state index in [4.69, 9.17) is 15.3 Å². The largest absolute Gasteiger partial charge is 0.493 e. The van der Waals surface area contributed by atoms with Gasteiger partial charge in [0.15, 0.2) is 4.87 Å². The average molecular weight is 463 g/mol. The van der Waals surface area contributed by atoms with Crippen LogP contribution < -0.4 is 10.5 Å². The minimum Gasteiger partial charge on any atom is -0.493 e. The van der Waals surface area contributed by atoms with E-state index >= 15 is 0 Å². The monoisotopic (exact) mass is 462 g/mol. The van der Waals surface area contributed by atoms with Gasteiger partial charge in [0, 0.05) is 24.1 Å². The highest BCUT2D eigenvalue weighted by Crippen LogP contribution is 2.57. The van der Waals surface area contributed by atoms with Crippen molar-refractivity contribution in [2.75, 3.05) is 27.3 Å². The van der Waals surface area contributed by atoms with Crippen LogP contribution in [0.15, 0.2) is 41.5 Å². The van der Waals surface area contributed by atoms with Crippen LogP contribution in [0, 0.1) is 24.5 Å².